The molecule has 1 saturated carbocycles. The average Bonchev–Trinajstić information content (AvgIpc) is 2.64. The Labute approximate surface area is 169 Å². The normalized spacial score (nSPS) is 23.2. The van der Waals surface area contributed by atoms with Gasteiger partial charge in [-0.3, -0.25) is 4.90 Å². The molecule has 1 aromatic rings. The van der Waals surface area contributed by atoms with E-state index in [0.717, 1.165) is 39.6 Å². The third-order valence-corrected chi connectivity index (χ3v) is 5.48. The Morgan fingerprint density at radius 3 is 2.32 bits per heavy atom. The second-order valence-corrected chi connectivity index (χ2v) is 7.59. The fourth-order valence-electron chi connectivity index (χ4n) is 3.76. The molecule has 1 fully saturated rings. The molecule has 0 saturated heterocycles. The van der Waals surface area contributed by atoms with Gasteiger partial charge in [0.05, 0.1) is 5.70 Å². The van der Waals surface area contributed by atoms with Gasteiger partial charge in [0, 0.05) is 41.7 Å². The Balaban J connectivity index is 2.32. The molecule has 0 radical (unpaired) electrons. The van der Waals surface area contributed by atoms with Crippen LogP contribution in [-0.4, -0.2) is 12.9 Å². The Hall–Kier alpha value is -2.81. The first-order valence-corrected chi connectivity index (χ1v) is 10.0. The summed E-state index contributed by atoms with van der Waals surface area (Å²) in [5.74, 6) is 1.54. The molecule has 0 unspecified atom stereocenters. The van der Waals surface area contributed by atoms with E-state index in [1.54, 1.807) is 0 Å². The van der Waals surface area contributed by atoms with Gasteiger partial charge in [-0.25, -0.2) is 4.99 Å². The van der Waals surface area contributed by atoms with E-state index in [2.05, 4.69) is 74.5 Å². The van der Waals surface area contributed by atoms with Crippen molar-refractivity contribution in [1.29, 1.82) is 0 Å². The van der Waals surface area contributed by atoms with Crippen LogP contribution in [0.1, 0.15) is 40.0 Å². The van der Waals surface area contributed by atoms with Crippen LogP contribution in [0, 0.1) is 5.92 Å². The van der Waals surface area contributed by atoms with Crippen LogP contribution in [0.5, 0.6) is 0 Å². The van der Waals surface area contributed by atoms with E-state index in [1.807, 2.05) is 19.3 Å². The lowest BCUT2D eigenvalue weighted by molar-refractivity contribution is 0.409. The van der Waals surface area contributed by atoms with E-state index in [4.69, 9.17) is 4.99 Å². The maximum Gasteiger partial charge on any atom is 0.117 e. The summed E-state index contributed by atoms with van der Waals surface area (Å²) in [7, 11) is 1.91. The lowest BCUT2D eigenvalue weighted by Gasteiger charge is -2.39. The van der Waals surface area contributed by atoms with Crippen molar-refractivity contribution >= 4 is 11.5 Å². The zero-order chi connectivity index (χ0) is 20.3. The number of nitrogens with one attached hydrogen (secondary N) is 1. The van der Waals surface area contributed by atoms with Crippen LogP contribution in [0.4, 0.5) is 5.69 Å². The second kappa shape index (κ2) is 8.47. The molecule has 1 aliphatic heterocycles. The average molecular weight is 374 g/mol. The zero-order valence-corrected chi connectivity index (χ0v) is 17.5. The first-order chi connectivity index (χ1) is 13.5. The highest BCUT2D eigenvalue weighted by Gasteiger charge is 2.33. The molecule has 1 N–H and O–H groups in total. The van der Waals surface area contributed by atoms with Gasteiger partial charge in [-0.2, -0.15) is 0 Å². The third-order valence-electron chi connectivity index (χ3n) is 5.48. The predicted molar refractivity (Wildman–Crippen MR) is 121 cm³/mol. The highest BCUT2D eigenvalue weighted by molar-refractivity contribution is 6.05. The molecule has 3 nitrogen and oxygen atoms in total. The van der Waals surface area contributed by atoms with Crippen LogP contribution in [0.3, 0.4) is 0 Å². The lowest BCUT2D eigenvalue weighted by atomic mass is 9.82. The summed E-state index contributed by atoms with van der Waals surface area (Å²) in [6.45, 7) is 15.2. The molecule has 1 aromatic carbocycles. The number of anilines is 1. The molecule has 3 heteroatoms. The molecule has 0 spiro atoms. The van der Waals surface area contributed by atoms with Gasteiger partial charge in [-0.1, -0.05) is 49.4 Å². The monoisotopic (exact) mass is 373 g/mol. The molecule has 0 atom stereocenters. The number of para-hydroxylation sites is 1. The van der Waals surface area contributed by atoms with Crippen LogP contribution in [0.2, 0.25) is 0 Å². The number of amidine groups is 1. The number of nitrogens with zero attached hydrogens (tertiary/aromatic N) is 2. The molecule has 1 aliphatic carbocycles. The maximum atomic E-state index is 5.25. The van der Waals surface area contributed by atoms with Gasteiger partial charge in [-0.05, 0) is 51.3 Å². The summed E-state index contributed by atoms with van der Waals surface area (Å²) in [5.41, 5.74) is 7.22. The van der Waals surface area contributed by atoms with Crippen molar-refractivity contribution in [2.24, 2.45) is 10.9 Å². The number of hydrogen-bond donors (Lipinski definition) is 1. The molecule has 2 aliphatic rings. The SMILES string of the molecule is C=C1/C(=C/C)C(=C(C)C)/N=C(/C2CCC2)N(c2ccccc2)C(=C)/C1=C/NC. The van der Waals surface area contributed by atoms with Crippen LogP contribution in [0.25, 0.3) is 0 Å². The summed E-state index contributed by atoms with van der Waals surface area (Å²) in [6.07, 6.45) is 7.70. The van der Waals surface area contributed by atoms with Crippen LogP contribution in [-0.2, 0) is 0 Å². The smallest absolute Gasteiger partial charge is 0.117 e. The molecule has 28 heavy (non-hydrogen) atoms. The summed E-state index contributed by atoms with van der Waals surface area (Å²) in [4.78, 5) is 7.48. The topological polar surface area (TPSA) is 27.6 Å². The van der Waals surface area contributed by atoms with Crippen molar-refractivity contribution in [2.75, 3.05) is 11.9 Å². The molecular weight excluding hydrogens is 342 g/mol. The van der Waals surface area contributed by atoms with Gasteiger partial charge >= 0.3 is 0 Å². The molecule has 1 heterocycles. The summed E-state index contributed by atoms with van der Waals surface area (Å²) in [5, 5.41) is 3.19. The van der Waals surface area contributed by atoms with Gasteiger partial charge in [0.25, 0.3) is 0 Å². The van der Waals surface area contributed by atoms with Gasteiger partial charge in [0.2, 0.25) is 0 Å². The minimum Gasteiger partial charge on any atom is -0.393 e. The second-order valence-electron chi connectivity index (χ2n) is 7.59. The van der Waals surface area contributed by atoms with Crippen molar-refractivity contribution < 1.29 is 0 Å². The fraction of sp³-hybridized carbons (Fsp3) is 0.320. The molecule has 0 aromatic heterocycles. The minimum absolute atomic E-state index is 0.451. The quantitative estimate of drug-likeness (QED) is 0.691. The molecular formula is C25H31N3. The molecule has 0 amide bonds. The number of allylic oxidation sites excluding steroid dienone is 4. The maximum absolute atomic E-state index is 5.25. The Morgan fingerprint density at radius 1 is 1.14 bits per heavy atom. The Kier molecular flexibility index (Phi) is 6.03. The fourth-order valence-corrected chi connectivity index (χ4v) is 3.76. The zero-order valence-electron chi connectivity index (χ0n) is 17.5. The van der Waals surface area contributed by atoms with E-state index >= 15 is 0 Å². The van der Waals surface area contributed by atoms with Crippen molar-refractivity contribution in [2.45, 2.75) is 40.0 Å². The first kappa shape index (κ1) is 19.9. The Bertz CT molecular complexity index is 889. The largest absolute Gasteiger partial charge is 0.393 e. The summed E-state index contributed by atoms with van der Waals surface area (Å²) >= 11 is 0. The number of hydrogen-bond acceptors (Lipinski definition) is 3. The summed E-state index contributed by atoms with van der Waals surface area (Å²) in [6, 6.07) is 10.4. The van der Waals surface area contributed by atoms with Crippen LogP contribution in [0.15, 0.2) is 94.4 Å². The third kappa shape index (κ3) is 3.62. The standard InChI is InChI=1S/C25H31N3/c1-7-22-18(4)23(16-26-6)19(5)28(21-14-9-8-10-15-21)25(20-12-11-13-20)27-24(22)17(2)3/h7-10,14-16,20,26H,4-5,11-13H2,1-3,6H3/b22-7-,23-16+,27-25-. The van der Waals surface area contributed by atoms with E-state index in [1.165, 1.54) is 24.8 Å². The van der Waals surface area contributed by atoms with Crippen molar-refractivity contribution in [3.63, 3.8) is 0 Å². The van der Waals surface area contributed by atoms with E-state index in [-0.39, 0.29) is 0 Å². The Morgan fingerprint density at radius 2 is 1.82 bits per heavy atom. The lowest BCUT2D eigenvalue weighted by Crippen LogP contribution is -2.40. The van der Waals surface area contributed by atoms with Gasteiger partial charge in [0.1, 0.15) is 5.84 Å². The molecule has 0 bridgehead atoms. The number of rotatable bonds is 3. The highest BCUT2D eigenvalue weighted by Crippen LogP contribution is 2.40. The van der Waals surface area contributed by atoms with Gasteiger partial charge < -0.3 is 5.32 Å². The highest BCUT2D eigenvalue weighted by atomic mass is 15.2. The van der Waals surface area contributed by atoms with Crippen molar-refractivity contribution in [3.05, 3.63) is 89.5 Å². The van der Waals surface area contributed by atoms with Crippen LogP contribution < -0.4 is 10.2 Å². The van der Waals surface area contributed by atoms with Crippen LogP contribution >= 0.6 is 0 Å². The summed E-state index contributed by atoms with van der Waals surface area (Å²) < 4.78 is 0. The first-order valence-electron chi connectivity index (χ1n) is 10.0. The van der Waals surface area contributed by atoms with E-state index in [9.17, 15) is 0 Å². The molecule has 146 valence electrons. The van der Waals surface area contributed by atoms with E-state index in [0.29, 0.717) is 5.92 Å². The van der Waals surface area contributed by atoms with Crippen molar-refractivity contribution in [1.82, 2.24) is 5.32 Å². The van der Waals surface area contributed by atoms with Gasteiger partial charge in [-0.15, -0.1) is 0 Å². The number of aliphatic imine (C=N–C) groups is 1. The number of benzene rings is 1. The predicted octanol–water partition coefficient (Wildman–Crippen LogP) is 6.12. The minimum atomic E-state index is 0.451. The molecule has 3 rings (SSSR count). The van der Waals surface area contributed by atoms with E-state index < -0.39 is 0 Å². The van der Waals surface area contributed by atoms with Crippen molar-refractivity contribution in [3.8, 4) is 0 Å². The van der Waals surface area contributed by atoms with Gasteiger partial charge in [0.15, 0.2) is 0 Å².